The Bertz CT molecular complexity index is 218. The second-order valence-electron chi connectivity index (χ2n) is 3.40. The largest absolute Gasteiger partial charge is 0.154 e. The normalized spacial score (nSPS) is 12.8. The Kier molecular flexibility index (Phi) is 4.99. The third-order valence-electron chi connectivity index (χ3n) is 2.07. The van der Waals surface area contributed by atoms with E-state index in [0.717, 1.165) is 11.0 Å². The van der Waals surface area contributed by atoms with Gasteiger partial charge in [0.15, 0.2) is 0 Å². The van der Waals surface area contributed by atoms with Crippen LogP contribution in [0.1, 0.15) is 32.3 Å². The lowest BCUT2D eigenvalue weighted by Gasteiger charge is -2.09. The molecule has 0 fully saturated rings. The molecule has 0 bridgehead atoms. The fraction of sp³-hybridized carbons (Fsp3) is 0.500. The molecule has 0 aliphatic heterocycles. The smallest absolute Gasteiger partial charge is 0.0187 e. The first-order valence-corrected chi connectivity index (χ1v) is 6.03. The summed E-state index contributed by atoms with van der Waals surface area (Å²) in [5.41, 5.74) is 1.44. The highest BCUT2D eigenvalue weighted by molar-refractivity contribution is 7.99. The molecule has 0 spiro atoms. The fourth-order valence-electron chi connectivity index (χ4n) is 1.30. The predicted molar refractivity (Wildman–Crippen MR) is 62.1 cm³/mol. The van der Waals surface area contributed by atoms with E-state index in [9.17, 15) is 0 Å². The number of hydrogen-bond acceptors (Lipinski definition) is 1. The SMILES string of the molecule is CCC[C@@H](C)SCc1ccccc1. The molecule has 0 saturated heterocycles. The molecule has 0 unspecified atom stereocenters. The van der Waals surface area contributed by atoms with Crippen LogP contribution in [0.3, 0.4) is 0 Å². The third-order valence-corrected chi connectivity index (χ3v) is 3.38. The van der Waals surface area contributed by atoms with Crippen molar-refractivity contribution in [2.75, 3.05) is 0 Å². The summed E-state index contributed by atoms with van der Waals surface area (Å²) >= 11 is 2.05. The topological polar surface area (TPSA) is 0 Å². The molecule has 0 aliphatic carbocycles. The highest BCUT2D eigenvalue weighted by Crippen LogP contribution is 2.20. The maximum Gasteiger partial charge on any atom is 0.0187 e. The lowest BCUT2D eigenvalue weighted by Crippen LogP contribution is -1.95. The van der Waals surface area contributed by atoms with E-state index in [1.165, 1.54) is 18.4 Å². The van der Waals surface area contributed by atoms with Gasteiger partial charge in [0.05, 0.1) is 0 Å². The number of benzene rings is 1. The molecule has 72 valence electrons. The highest BCUT2D eigenvalue weighted by Gasteiger charge is 2.00. The maximum absolute atomic E-state index is 2.32. The zero-order valence-electron chi connectivity index (χ0n) is 8.49. The maximum atomic E-state index is 2.32. The summed E-state index contributed by atoms with van der Waals surface area (Å²) in [6.07, 6.45) is 2.63. The number of thioether (sulfide) groups is 1. The van der Waals surface area contributed by atoms with Crippen LogP contribution in [0.4, 0.5) is 0 Å². The van der Waals surface area contributed by atoms with Crippen LogP contribution in [0, 0.1) is 0 Å². The second kappa shape index (κ2) is 6.09. The minimum atomic E-state index is 0.796. The molecule has 1 heteroatoms. The van der Waals surface area contributed by atoms with Gasteiger partial charge in [-0.15, -0.1) is 0 Å². The molecule has 1 aromatic carbocycles. The van der Waals surface area contributed by atoms with Gasteiger partial charge in [-0.1, -0.05) is 50.6 Å². The Morgan fingerprint density at radius 1 is 1.23 bits per heavy atom. The van der Waals surface area contributed by atoms with Crippen LogP contribution >= 0.6 is 11.8 Å². The summed E-state index contributed by atoms with van der Waals surface area (Å²) in [6, 6.07) is 10.7. The highest BCUT2D eigenvalue weighted by atomic mass is 32.2. The van der Waals surface area contributed by atoms with Crippen molar-refractivity contribution in [2.45, 2.75) is 37.7 Å². The molecule has 0 aliphatic rings. The van der Waals surface area contributed by atoms with Gasteiger partial charge >= 0.3 is 0 Å². The van der Waals surface area contributed by atoms with E-state index in [1.807, 2.05) is 0 Å². The zero-order chi connectivity index (χ0) is 9.52. The van der Waals surface area contributed by atoms with Crippen molar-refractivity contribution < 1.29 is 0 Å². The molecule has 0 nitrogen and oxygen atoms in total. The molecule has 0 N–H and O–H groups in total. The summed E-state index contributed by atoms with van der Waals surface area (Å²) < 4.78 is 0. The fourth-order valence-corrected chi connectivity index (χ4v) is 2.37. The van der Waals surface area contributed by atoms with Crippen molar-refractivity contribution >= 4 is 11.8 Å². The Morgan fingerprint density at radius 3 is 2.54 bits per heavy atom. The lowest BCUT2D eigenvalue weighted by atomic mass is 10.2. The van der Waals surface area contributed by atoms with Crippen molar-refractivity contribution in [3.8, 4) is 0 Å². The van der Waals surface area contributed by atoms with Crippen LogP contribution in [0.5, 0.6) is 0 Å². The Labute approximate surface area is 85.7 Å². The molecule has 0 radical (unpaired) electrons. The van der Waals surface area contributed by atoms with Crippen molar-refractivity contribution in [1.29, 1.82) is 0 Å². The standard InChI is InChI=1S/C12H18S/c1-3-7-11(2)13-10-12-8-5-4-6-9-12/h4-6,8-9,11H,3,7,10H2,1-2H3/t11-/m1/s1. The Hall–Kier alpha value is -0.430. The molecule has 1 atom stereocenters. The van der Waals surface area contributed by atoms with Gasteiger partial charge in [0.1, 0.15) is 0 Å². The molecular weight excluding hydrogens is 176 g/mol. The van der Waals surface area contributed by atoms with Crippen LogP contribution in [0.25, 0.3) is 0 Å². The molecule has 0 heterocycles. The first kappa shape index (κ1) is 10.6. The van der Waals surface area contributed by atoms with Gasteiger partial charge in [-0.05, 0) is 12.0 Å². The van der Waals surface area contributed by atoms with Gasteiger partial charge in [-0.25, -0.2) is 0 Å². The minimum absolute atomic E-state index is 0.796. The van der Waals surface area contributed by atoms with Gasteiger partial charge in [0.2, 0.25) is 0 Å². The van der Waals surface area contributed by atoms with Gasteiger partial charge in [0, 0.05) is 11.0 Å². The Morgan fingerprint density at radius 2 is 1.92 bits per heavy atom. The van der Waals surface area contributed by atoms with Crippen LogP contribution in [-0.2, 0) is 5.75 Å². The van der Waals surface area contributed by atoms with Crippen molar-refractivity contribution in [3.05, 3.63) is 35.9 Å². The first-order valence-electron chi connectivity index (χ1n) is 4.98. The van der Waals surface area contributed by atoms with Crippen molar-refractivity contribution in [3.63, 3.8) is 0 Å². The van der Waals surface area contributed by atoms with Crippen molar-refractivity contribution in [1.82, 2.24) is 0 Å². The van der Waals surface area contributed by atoms with Gasteiger partial charge in [-0.3, -0.25) is 0 Å². The summed E-state index contributed by atoms with van der Waals surface area (Å²) in [5.74, 6) is 1.15. The van der Waals surface area contributed by atoms with E-state index in [4.69, 9.17) is 0 Å². The summed E-state index contributed by atoms with van der Waals surface area (Å²) in [6.45, 7) is 4.57. The summed E-state index contributed by atoms with van der Waals surface area (Å²) in [5, 5.41) is 0.796. The van der Waals surface area contributed by atoms with E-state index in [0.29, 0.717) is 0 Å². The number of hydrogen-bond donors (Lipinski definition) is 0. The van der Waals surface area contributed by atoms with E-state index in [-0.39, 0.29) is 0 Å². The third kappa shape index (κ3) is 4.37. The average molecular weight is 194 g/mol. The van der Waals surface area contributed by atoms with Crippen LogP contribution < -0.4 is 0 Å². The van der Waals surface area contributed by atoms with Gasteiger partial charge in [0.25, 0.3) is 0 Å². The lowest BCUT2D eigenvalue weighted by molar-refractivity contribution is 0.787. The molecule has 0 saturated carbocycles. The predicted octanol–water partition coefficient (Wildman–Crippen LogP) is 4.11. The monoisotopic (exact) mass is 194 g/mol. The van der Waals surface area contributed by atoms with Crippen molar-refractivity contribution in [2.24, 2.45) is 0 Å². The number of rotatable bonds is 5. The van der Waals surface area contributed by atoms with E-state index >= 15 is 0 Å². The molecule has 1 aromatic rings. The molecule has 1 rings (SSSR count). The van der Waals surface area contributed by atoms with Crippen LogP contribution in [0.15, 0.2) is 30.3 Å². The minimum Gasteiger partial charge on any atom is -0.154 e. The summed E-state index contributed by atoms with van der Waals surface area (Å²) in [4.78, 5) is 0. The quantitative estimate of drug-likeness (QED) is 0.680. The van der Waals surface area contributed by atoms with Gasteiger partial charge in [-0.2, -0.15) is 11.8 Å². The van der Waals surface area contributed by atoms with E-state index < -0.39 is 0 Å². The first-order chi connectivity index (χ1) is 6.33. The molecular formula is C12H18S. The second-order valence-corrected chi connectivity index (χ2v) is 4.82. The zero-order valence-corrected chi connectivity index (χ0v) is 9.31. The summed E-state index contributed by atoms with van der Waals surface area (Å²) in [7, 11) is 0. The molecule has 0 amide bonds. The van der Waals surface area contributed by atoms with Crippen LogP contribution in [0.2, 0.25) is 0 Å². The van der Waals surface area contributed by atoms with E-state index in [1.54, 1.807) is 0 Å². The van der Waals surface area contributed by atoms with Gasteiger partial charge < -0.3 is 0 Å². The average Bonchev–Trinajstić information content (AvgIpc) is 2.17. The Balaban J connectivity index is 2.27. The molecule has 13 heavy (non-hydrogen) atoms. The van der Waals surface area contributed by atoms with E-state index in [2.05, 4.69) is 55.9 Å². The molecule has 0 aromatic heterocycles. The van der Waals surface area contributed by atoms with Crippen LogP contribution in [-0.4, -0.2) is 5.25 Å².